The number of aromatic hydroxyl groups is 1. The van der Waals surface area contributed by atoms with E-state index in [-0.39, 0.29) is 29.2 Å². The highest BCUT2D eigenvalue weighted by atomic mass is 32.2. The molecule has 12 unspecified atom stereocenters. The highest BCUT2D eigenvalue weighted by molar-refractivity contribution is 7.90. The van der Waals surface area contributed by atoms with E-state index in [1.54, 1.807) is 12.1 Å². The van der Waals surface area contributed by atoms with Crippen LogP contribution in [0.15, 0.2) is 91.0 Å². The van der Waals surface area contributed by atoms with Gasteiger partial charge in [-0.3, -0.25) is 38.4 Å². The molecular formula is C60H72N10O20S2. The first kappa shape index (κ1) is 69.5. The first-order chi connectivity index (χ1) is 43.9. The van der Waals surface area contributed by atoms with Crippen molar-refractivity contribution < 1.29 is 97.7 Å². The van der Waals surface area contributed by atoms with Gasteiger partial charge in [0.25, 0.3) is 18.2 Å². The Labute approximate surface area is 534 Å². The first-order valence-corrected chi connectivity index (χ1v) is 30.8. The topological polar surface area (TPSA) is 454 Å². The number of aromatic nitrogens is 2. The zero-order valence-electron chi connectivity index (χ0n) is 49.9. The summed E-state index contributed by atoms with van der Waals surface area (Å²) in [4.78, 5) is 115. The minimum Gasteiger partial charge on any atom is -0.504 e. The number of aliphatic hydroxyl groups is 6. The van der Waals surface area contributed by atoms with Gasteiger partial charge in [0.1, 0.15) is 52.0 Å². The molecule has 30 nitrogen and oxygen atoms in total. The molecule has 3 aliphatic rings. The van der Waals surface area contributed by atoms with Gasteiger partial charge in [0.05, 0.1) is 49.7 Å². The van der Waals surface area contributed by atoms with Crippen LogP contribution in [0.1, 0.15) is 68.8 Å². The quantitative estimate of drug-likeness (QED) is 0.0204. The molecule has 8 amide bonds. The minimum atomic E-state index is -2.22. The number of unbranched alkanes of at least 4 members (excludes halogenated alkanes) is 1. The molecule has 0 aliphatic carbocycles. The van der Waals surface area contributed by atoms with Gasteiger partial charge in [-0.25, -0.2) is 5.26 Å². The van der Waals surface area contributed by atoms with Crippen molar-refractivity contribution >= 4 is 70.9 Å². The van der Waals surface area contributed by atoms with E-state index in [1.807, 2.05) is 48.5 Å². The Hall–Kier alpha value is -8.41. The number of rotatable bonds is 20. The predicted octanol–water partition coefficient (Wildman–Crippen LogP) is -0.389. The van der Waals surface area contributed by atoms with Crippen LogP contribution in [0.3, 0.4) is 0 Å². The summed E-state index contributed by atoms with van der Waals surface area (Å²) >= 11 is 1.35. The van der Waals surface area contributed by atoms with Crippen molar-refractivity contribution in [3.8, 4) is 49.5 Å². The highest BCUT2D eigenvalue weighted by Gasteiger charge is 2.50. The van der Waals surface area contributed by atoms with Crippen molar-refractivity contribution in [2.24, 2.45) is 11.7 Å². The number of ether oxygens (including phenoxy) is 1. The predicted molar refractivity (Wildman–Crippen MR) is 326 cm³/mol. The number of primary amides is 1. The second-order valence-corrected chi connectivity index (χ2v) is 24.0. The number of nitrogens with one attached hydrogen (secondary N) is 5. The van der Waals surface area contributed by atoms with Crippen LogP contribution in [0.25, 0.3) is 32.3 Å². The Balaban J connectivity index is 1.06. The molecule has 13 atom stereocenters. The highest BCUT2D eigenvalue weighted by Crippen LogP contribution is 2.34. The maximum atomic E-state index is 14.7. The number of benzene rings is 4. The normalized spacial score (nSPS) is 24.6. The number of phenolic OH excluding ortho intramolecular Hbond substituents is 1. The van der Waals surface area contributed by atoms with Gasteiger partial charge in [0, 0.05) is 61.5 Å². The van der Waals surface area contributed by atoms with E-state index in [2.05, 4.69) is 53.1 Å². The first-order valence-electron chi connectivity index (χ1n) is 29.3. The Morgan fingerprint density at radius 3 is 1.99 bits per heavy atom. The number of hydrogen-bond acceptors (Lipinski definition) is 24. The third-order valence-electron chi connectivity index (χ3n) is 15.7. The third kappa shape index (κ3) is 17.4. The molecule has 15 N–H and O–H groups in total. The zero-order chi connectivity index (χ0) is 66.5. The van der Waals surface area contributed by atoms with Crippen LogP contribution in [-0.2, 0) is 49.4 Å². The van der Waals surface area contributed by atoms with E-state index in [0.29, 0.717) is 22.2 Å². The van der Waals surface area contributed by atoms with Crippen LogP contribution in [0.5, 0.6) is 17.2 Å². The standard InChI is InChI=1S/C60H72N10O20S2/c1-4-5-20-87-39-17-15-33(16-18-39)32-7-11-35(12-8-32)57-67-68-58(91-57)36-13-9-34(10-14-36)52(79)63-40-23-37(72)26-62-56(83)50-51(78)29(2)27-70(50)60(85)49(44(76)25-46(61)77)66-55(82)48(43(75)21-31-6-19-42(74)45(22-31)88-92-90-89-86)65-54(81)41-24-38(73)28-69(41)59(84)47(30(3)71)64-53(40)80/h6-19,22,29-30,37-38,40-41,43-44,47-51,71-76,78,86H,4-5,20-21,23-28H2,1-3H3,(H2,61,77)(H,62,83)(H,63,79)(H,64,80)(H,65,81)(H,66,82)/t29?,30?,37?,38?,40-,41?,43?,44?,47?,48?,49?,50?,51?/m0/s1. The SMILES string of the molecule is CCCCOc1ccc(-c2ccc(-c3nnc(-c4ccc(C(=O)N[C@H]5CC(O)CNC(=O)C6C(O)C(C)CN6C(=O)C(C(O)CC(N)=O)NC(=O)C(C(O)Cc6ccc(O)c(OSOOO)c6)NC(=O)C6CC(O)CN6C(=O)C(C(C)O)NC5=O)cc4)s3)cc2)cc1. The Morgan fingerprint density at radius 1 is 0.750 bits per heavy atom. The van der Waals surface area contributed by atoms with E-state index >= 15 is 0 Å². The summed E-state index contributed by atoms with van der Waals surface area (Å²) in [5.74, 6) is -10.3. The van der Waals surface area contributed by atoms with E-state index in [9.17, 15) is 74.1 Å². The Bertz CT molecular complexity index is 3420. The molecule has 5 aromatic rings. The van der Waals surface area contributed by atoms with Crippen LogP contribution in [0.2, 0.25) is 0 Å². The minimum absolute atomic E-state index is 0.00111. The molecule has 4 heterocycles. The van der Waals surface area contributed by atoms with Crippen molar-refractivity contribution in [3.63, 3.8) is 0 Å². The van der Waals surface area contributed by atoms with Crippen LogP contribution < -0.4 is 41.2 Å². The third-order valence-corrected chi connectivity index (χ3v) is 17.1. The fraction of sp³-hybridized carbons (Fsp3) is 0.433. The molecule has 3 saturated heterocycles. The van der Waals surface area contributed by atoms with Gasteiger partial charge in [-0.2, -0.15) is 0 Å². The van der Waals surface area contributed by atoms with E-state index in [0.717, 1.165) is 64.1 Å². The Morgan fingerprint density at radius 2 is 1.36 bits per heavy atom. The van der Waals surface area contributed by atoms with Gasteiger partial charge in [-0.15, -0.1) is 10.2 Å². The van der Waals surface area contributed by atoms with Crippen molar-refractivity contribution in [3.05, 3.63) is 102 Å². The molecule has 0 saturated carbocycles. The number of β-amino-alcohol motifs (C(OH)–C–C–N with tert-alkyl or cyclic N) is 1. The zero-order valence-corrected chi connectivity index (χ0v) is 51.5. The second kappa shape index (κ2) is 31.8. The number of amides is 8. The monoisotopic (exact) mass is 1320 g/mol. The fourth-order valence-corrected chi connectivity index (χ4v) is 11.9. The molecule has 92 heavy (non-hydrogen) atoms. The number of nitrogens with two attached hydrogens (primary N) is 1. The summed E-state index contributed by atoms with van der Waals surface area (Å²) in [7, 11) is 0. The van der Waals surface area contributed by atoms with Gasteiger partial charge in [0.15, 0.2) is 11.5 Å². The summed E-state index contributed by atoms with van der Waals surface area (Å²) in [6.07, 6.45) is -11.7. The smallest absolute Gasteiger partial charge is 0.261 e. The maximum absolute atomic E-state index is 14.7. The van der Waals surface area contributed by atoms with Crippen LogP contribution in [0.4, 0.5) is 0 Å². The average Bonchev–Trinajstić information content (AvgIpc) is 1.63. The largest absolute Gasteiger partial charge is 0.504 e. The average molecular weight is 1320 g/mol. The van der Waals surface area contributed by atoms with Crippen molar-refractivity contribution in [1.29, 1.82) is 0 Å². The lowest BCUT2D eigenvalue weighted by molar-refractivity contribution is -0.433. The van der Waals surface area contributed by atoms with Gasteiger partial charge in [-0.05, 0) is 66.4 Å². The van der Waals surface area contributed by atoms with Crippen molar-refractivity contribution in [2.45, 2.75) is 132 Å². The van der Waals surface area contributed by atoms with Gasteiger partial charge >= 0.3 is 0 Å². The van der Waals surface area contributed by atoms with Gasteiger partial charge in [0.2, 0.25) is 41.4 Å². The molecular weight excluding hydrogens is 1240 g/mol. The van der Waals surface area contributed by atoms with Crippen molar-refractivity contribution in [1.82, 2.24) is 46.6 Å². The lowest BCUT2D eigenvalue weighted by Gasteiger charge is -2.33. The van der Waals surface area contributed by atoms with Crippen molar-refractivity contribution in [2.75, 3.05) is 26.2 Å². The molecule has 0 spiro atoms. The fourth-order valence-electron chi connectivity index (χ4n) is 10.8. The number of hydrogen-bond donors (Lipinski definition) is 14. The Kier molecular flexibility index (Phi) is 24.0. The van der Waals surface area contributed by atoms with E-state index in [4.69, 9.17) is 19.9 Å². The van der Waals surface area contributed by atoms with Gasteiger partial charge in [-0.1, -0.05) is 95.6 Å². The lowest BCUT2D eigenvalue weighted by Crippen LogP contribution is -2.64. The summed E-state index contributed by atoms with van der Waals surface area (Å²) in [6.45, 7) is 3.60. The number of aliphatic hydroxyl groups excluding tert-OH is 6. The molecule has 1 aromatic heterocycles. The summed E-state index contributed by atoms with van der Waals surface area (Å²) in [5, 5.41) is 113. The molecule has 32 heteroatoms. The lowest BCUT2D eigenvalue weighted by atomic mass is 9.98. The maximum Gasteiger partial charge on any atom is 0.261 e. The second-order valence-electron chi connectivity index (χ2n) is 22.6. The molecule has 494 valence electrons. The number of fused-ring (bicyclic) bond motifs is 2. The molecule has 4 aromatic carbocycles. The molecule has 0 bridgehead atoms. The number of phenols is 1. The summed E-state index contributed by atoms with van der Waals surface area (Å²) < 4.78 is 15.1. The summed E-state index contributed by atoms with van der Waals surface area (Å²) in [6, 6.07) is 13.5. The van der Waals surface area contributed by atoms with Crippen LogP contribution >= 0.6 is 23.7 Å². The molecule has 3 aliphatic heterocycles. The number of carbonyl (C=O) groups excluding carboxylic acids is 8. The van der Waals surface area contributed by atoms with Crippen LogP contribution in [-0.4, -0.2) is 207 Å². The van der Waals surface area contributed by atoms with Crippen LogP contribution in [0, 0.1) is 5.92 Å². The molecule has 0 radical (unpaired) electrons. The van der Waals surface area contributed by atoms with E-state index in [1.165, 1.54) is 36.5 Å². The summed E-state index contributed by atoms with van der Waals surface area (Å²) in [5.41, 5.74) is 8.87. The van der Waals surface area contributed by atoms with E-state index < -0.39 is 177 Å². The number of carbonyl (C=O) groups is 8. The molecule has 8 rings (SSSR count). The van der Waals surface area contributed by atoms with Gasteiger partial charge < -0.3 is 86.8 Å². The molecule has 3 fully saturated rings. The number of nitrogens with zero attached hydrogens (tertiary/aromatic N) is 4.